The second-order valence-corrected chi connectivity index (χ2v) is 4.96. The Morgan fingerprint density at radius 3 is 2.39 bits per heavy atom. The zero-order chi connectivity index (χ0) is 13.4. The minimum atomic E-state index is -0.423. The minimum absolute atomic E-state index is 0.0789. The second-order valence-electron chi connectivity index (χ2n) is 4.96. The molecule has 3 atom stereocenters. The van der Waals surface area contributed by atoms with Crippen molar-refractivity contribution in [3.8, 4) is 0 Å². The first-order chi connectivity index (χ1) is 8.65. The molecule has 1 rings (SSSR count). The fourth-order valence-electron chi connectivity index (χ4n) is 1.97. The molecule has 0 spiro atoms. The van der Waals surface area contributed by atoms with Crippen molar-refractivity contribution in [1.82, 2.24) is 0 Å². The van der Waals surface area contributed by atoms with Crippen molar-refractivity contribution in [3.63, 3.8) is 0 Å². The van der Waals surface area contributed by atoms with Crippen molar-refractivity contribution in [2.45, 2.75) is 33.0 Å². The van der Waals surface area contributed by atoms with E-state index >= 15 is 0 Å². The van der Waals surface area contributed by atoms with Crippen LogP contribution >= 0.6 is 0 Å². The molecular weight excluding hydrogens is 228 g/mol. The largest absolute Gasteiger partial charge is 0.396 e. The molecule has 0 aromatic heterocycles. The van der Waals surface area contributed by atoms with E-state index in [0.717, 1.165) is 5.56 Å². The molecular formula is C15H24O3. The number of aliphatic hydroxyl groups excluding tert-OH is 2. The average molecular weight is 252 g/mol. The predicted octanol–water partition coefficient (Wildman–Crippen LogP) is 2.22. The van der Waals surface area contributed by atoms with Gasteiger partial charge in [-0.05, 0) is 17.9 Å². The molecule has 2 N–H and O–H groups in total. The van der Waals surface area contributed by atoms with Crippen LogP contribution < -0.4 is 0 Å². The lowest BCUT2D eigenvalue weighted by Crippen LogP contribution is -2.29. The highest BCUT2D eigenvalue weighted by atomic mass is 16.5. The van der Waals surface area contributed by atoms with Gasteiger partial charge in [0.1, 0.15) is 0 Å². The van der Waals surface area contributed by atoms with Gasteiger partial charge in [-0.2, -0.15) is 0 Å². The maximum atomic E-state index is 10.0. The third-order valence-corrected chi connectivity index (χ3v) is 3.24. The summed E-state index contributed by atoms with van der Waals surface area (Å²) >= 11 is 0. The van der Waals surface area contributed by atoms with Gasteiger partial charge in [-0.3, -0.25) is 0 Å². The second kappa shape index (κ2) is 8.25. The quantitative estimate of drug-likeness (QED) is 0.746. The summed E-state index contributed by atoms with van der Waals surface area (Å²) in [7, 11) is 0. The monoisotopic (exact) mass is 252 g/mol. The van der Waals surface area contributed by atoms with E-state index in [2.05, 4.69) is 0 Å². The minimum Gasteiger partial charge on any atom is -0.396 e. The summed E-state index contributed by atoms with van der Waals surface area (Å²) in [6.45, 7) is 5.16. The molecule has 0 saturated carbocycles. The lowest BCUT2D eigenvalue weighted by atomic mass is 9.92. The zero-order valence-electron chi connectivity index (χ0n) is 11.2. The van der Waals surface area contributed by atoms with Crippen LogP contribution in [-0.4, -0.2) is 29.5 Å². The summed E-state index contributed by atoms with van der Waals surface area (Å²) in [6.07, 6.45) is 0.206. The summed E-state index contributed by atoms with van der Waals surface area (Å²) in [5, 5.41) is 18.9. The molecule has 3 heteroatoms. The molecule has 0 saturated heterocycles. The molecule has 0 amide bonds. The molecule has 3 nitrogen and oxygen atoms in total. The predicted molar refractivity (Wildman–Crippen MR) is 72.1 cm³/mol. The van der Waals surface area contributed by atoms with E-state index in [1.54, 1.807) is 0 Å². The van der Waals surface area contributed by atoms with Crippen LogP contribution in [0.3, 0.4) is 0 Å². The van der Waals surface area contributed by atoms with Gasteiger partial charge in [-0.15, -0.1) is 0 Å². The van der Waals surface area contributed by atoms with Gasteiger partial charge in [0.15, 0.2) is 0 Å². The van der Waals surface area contributed by atoms with E-state index < -0.39 is 6.10 Å². The fourth-order valence-corrected chi connectivity index (χ4v) is 1.97. The molecule has 0 aliphatic heterocycles. The first-order valence-electron chi connectivity index (χ1n) is 6.55. The Kier molecular flexibility index (Phi) is 6.94. The van der Waals surface area contributed by atoms with Crippen molar-refractivity contribution in [2.75, 3.05) is 13.2 Å². The van der Waals surface area contributed by atoms with Crippen LogP contribution in [0.1, 0.15) is 25.8 Å². The molecule has 1 aromatic carbocycles. The van der Waals surface area contributed by atoms with Gasteiger partial charge in [0, 0.05) is 12.5 Å². The van der Waals surface area contributed by atoms with E-state index in [4.69, 9.17) is 9.84 Å². The Hall–Kier alpha value is -0.900. The SMILES string of the molecule is C[C@H](CCO)[C@H](O)[C@H](C)COCc1ccccc1. The molecule has 0 heterocycles. The van der Waals surface area contributed by atoms with E-state index in [9.17, 15) is 5.11 Å². The van der Waals surface area contributed by atoms with E-state index in [0.29, 0.717) is 19.6 Å². The van der Waals surface area contributed by atoms with Crippen LogP contribution in [0.2, 0.25) is 0 Å². The third-order valence-electron chi connectivity index (χ3n) is 3.24. The molecule has 0 aliphatic rings. The Morgan fingerprint density at radius 2 is 1.78 bits per heavy atom. The first-order valence-corrected chi connectivity index (χ1v) is 6.55. The van der Waals surface area contributed by atoms with E-state index in [1.807, 2.05) is 44.2 Å². The van der Waals surface area contributed by atoms with Gasteiger partial charge in [-0.25, -0.2) is 0 Å². The molecule has 0 radical (unpaired) electrons. The van der Waals surface area contributed by atoms with Crippen molar-refractivity contribution in [1.29, 1.82) is 0 Å². The highest BCUT2D eigenvalue weighted by Crippen LogP contribution is 2.16. The van der Waals surface area contributed by atoms with Gasteiger partial charge in [0.25, 0.3) is 0 Å². The van der Waals surface area contributed by atoms with Gasteiger partial charge in [-0.1, -0.05) is 44.2 Å². The van der Waals surface area contributed by atoms with Gasteiger partial charge in [0.2, 0.25) is 0 Å². The van der Waals surface area contributed by atoms with Crippen molar-refractivity contribution >= 4 is 0 Å². The molecule has 1 aromatic rings. The molecule has 102 valence electrons. The lowest BCUT2D eigenvalue weighted by Gasteiger charge is -2.24. The normalized spacial score (nSPS) is 16.2. The maximum absolute atomic E-state index is 10.0. The van der Waals surface area contributed by atoms with Crippen molar-refractivity contribution < 1.29 is 14.9 Å². The summed E-state index contributed by atoms with van der Waals surface area (Å²) in [5.74, 6) is 0.181. The molecule has 0 unspecified atom stereocenters. The Balaban J connectivity index is 2.26. The van der Waals surface area contributed by atoms with Gasteiger partial charge >= 0.3 is 0 Å². The smallest absolute Gasteiger partial charge is 0.0717 e. The van der Waals surface area contributed by atoms with Crippen LogP contribution in [0.25, 0.3) is 0 Å². The Labute approximate surface area is 109 Å². The number of aliphatic hydroxyl groups is 2. The van der Waals surface area contributed by atoms with Crippen LogP contribution in [0.5, 0.6) is 0 Å². The molecule has 0 aliphatic carbocycles. The first kappa shape index (κ1) is 15.2. The zero-order valence-corrected chi connectivity index (χ0v) is 11.2. The number of rotatable bonds is 8. The van der Waals surface area contributed by atoms with Crippen LogP contribution in [-0.2, 0) is 11.3 Å². The van der Waals surface area contributed by atoms with Crippen LogP contribution in [0.15, 0.2) is 30.3 Å². The van der Waals surface area contributed by atoms with Crippen molar-refractivity contribution in [2.24, 2.45) is 11.8 Å². The molecule has 18 heavy (non-hydrogen) atoms. The third kappa shape index (κ3) is 5.17. The number of hydrogen-bond acceptors (Lipinski definition) is 3. The maximum Gasteiger partial charge on any atom is 0.0717 e. The summed E-state index contributed by atoms with van der Waals surface area (Å²) in [4.78, 5) is 0. The summed E-state index contributed by atoms with van der Waals surface area (Å²) in [5.41, 5.74) is 1.14. The van der Waals surface area contributed by atoms with Crippen molar-refractivity contribution in [3.05, 3.63) is 35.9 Å². The Bertz CT molecular complexity index is 313. The number of ether oxygens (including phenoxy) is 1. The lowest BCUT2D eigenvalue weighted by molar-refractivity contribution is -0.00109. The highest BCUT2D eigenvalue weighted by Gasteiger charge is 2.20. The standard InChI is InChI=1S/C15H24O3/c1-12(8-9-16)15(17)13(2)10-18-11-14-6-4-3-5-7-14/h3-7,12-13,15-17H,8-11H2,1-2H3/t12-,13-,15+/m1/s1. The van der Waals surface area contributed by atoms with Crippen LogP contribution in [0.4, 0.5) is 0 Å². The summed E-state index contributed by atoms with van der Waals surface area (Å²) < 4.78 is 5.61. The number of hydrogen-bond donors (Lipinski definition) is 2. The fraction of sp³-hybridized carbons (Fsp3) is 0.600. The highest BCUT2D eigenvalue weighted by molar-refractivity contribution is 5.13. The van der Waals surface area contributed by atoms with Crippen LogP contribution in [0, 0.1) is 11.8 Å². The summed E-state index contributed by atoms with van der Waals surface area (Å²) in [6, 6.07) is 10.00. The average Bonchev–Trinajstić information content (AvgIpc) is 2.39. The topological polar surface area (TPSA) is 49.7 Å². The van der Waals surface area contributed by atoms with E-state index in [1.165, 1.54) is 0 Å². The van der Waals surface area contributed by atoms with E-state index in [-0.39, 0.29) is 18.4 Å². The Morgan fingerprint density at radius 1 is 1.11 bits per heavy atom. The van der Waals surface area contributed by atoms with Gasteiger partial charge in [0.05, 0.1) is 19.3 Å². The number of benzene rings is 1. The molecule has 0 bridgehead atoms. The van der Waals surface area contributed by atoms with Gasteiger partial charge < -0.3 is 14.9 Å². The molecule has 0 fully saturated rings.